The minimum absolute atomic E-state index is 0.00338. The van der Waals surface area contributed by atoms with Gasteiger partial charge in [0.05, 0.1) is 0 Å². The summed E-state index contributed by atoms with van der Waals surface area (Å²) >= 11 is 1.74. The van der Waals surface area contributed by atoms with E-state index in [1.807, 2.05) is 6.26 Å². The zero-order valence-corrected chi connectivity index (χ0v) is 15.9. The summed E-state index contributed by atoms with van der Waals surface area (Å²) in [5.41, 5.74) is 0. The highest BCUT2D eigenvalue weighted by Gasteiger charge is 2.28. The van der Waals surface area contributed by atoms with E-state index in [1.54, 1.807) is 18.8 Å². The molecule has 0 aromatic heterocycles. The predicted octanol–water partition coefficient (Wildman–Crippen LogP) is 2.06. The van der Waals surface area contributed by atoms with Crippen LogP contribution in [0.15, 0.2) is 0 Å². The third kappa shape index (κ3) is 7.83. The molecular formula is C14H33N3O2S2. The van der Waals surface area contributed by atoms with Crippen LogP contribution in [0.25, 0.3) is 0 Å². The molecule has 0 unspecified atom stereocenters. The molecule has 0 saturated carbocycles. The van der Waals surface area contributed by atoms with Crippen molar-refractivity contribution in [1.29, 1.82) is 0 Å². The van der Waals surface area contributed by atoms with E-state index in [0.717, 1.165) is 38.8 Å². The van der Waals surface area contributed by atoms with Crippen LogP contribution in [0.5, 0.6) is 0 Å². The van der Waals surface area contributed by atoms with Gasteiger partial charge in [-0.3, -0.25) is 0 Å². The number of hydrogen-bond donors (Lipinski definition) is 2. The molecule has 0 aromatic rings. The van der Waals surface area contributed by atoms with Crippen LogP contribution in [0, 0.1) is 0 Å². The second-order valence-corrected chi connectivity index (χ2v) is 8.48. The van der Waals surface area contributed by atoms with Crippen molar-refractivity contribution in [2.24, 2.45) is 0 Å². The van der Waals surface area contributed by atoms with Crippen molar-refractivity contribution in [2.45, 2.75) is 51.2 Å². The van der Waals surface area contributed by atoms with Gasteiger partial charge in [0.15, 0.2) is 0 Å². The Morgan fingerprint density at radius 3 is 2.24 bits per heavy atom. The summed E-state index contributed by atoms with van der Waals surface area (Å²) < 4.78 is 28.6. The van der Waals surface area contributed by atoms with Crippen molar-refractivity contribution in [2.75, 3.05) is 39.5 Å². The average Bonchev–Trinajstić information content (AvgIpc) is 2.48. The molecule has 0 heterocycles. The summed E-state index contributed by atoms with van der Waals surface area (Å²) in [5.74, 6) is 0. The first-order valence-electron chi connectivity index (χ1n) is 7.84. The molecule has 128 valence electrons. The highest BCUT2D eigenvalue weighted by Crippen LogP contribution is 2.29. The van der Waals surface area contributed by atoms with Gasteiger partial charge in [0.25, 0.3) is 10.2 Å². The van der Waals surface area contributed by atoms with Crippen molar-refractivity contribution in [3.8, 4) is 0 Å². The number of rotatable bonds is 13. The molecule has 0 rings (SSSR count). The Balaban J connectivity index is 4.28. The van der Waals surface area contributed by atoms with Gasteiger partial charge in [0.2, 0.25) is 0 Å². The zero-order valence-electron chi connectivity index (χ0n) is 14.2. The Labute approximate surface area is 135 Å². The molecule has 2 N–H and O–H groups in total. The van der Waals surface area contributed by atoms with Gasteiger partial charge < -0.3 is 5.32 Å². The van der Waals surface area contributed by atoms with Crippen LogP contribution in [0.3, 0.4) is 0 Å². The highest BCUT2D eigenvalue weighted by molar-refractivity contribution is 8.00. The Kier molecular flexibility index (Phi) is 10.9. The lowest BCUT2D eigenvalue weighted by Gasteiger charge is -2.30. The van der Waals surface area contributed by atoms with E-state index in [4.69, 9.17) is 0 Å². The summed E-state index contributed by atoms with van der Waals surface area (Å²) in [6.07, 6.45) is 5.88. The summed E-state index contributed by atoms with van der Waals surface area (Å²) in [6, 6.07) is 0. The summed E-state index contributed by atoms with van der Waals surface area (Å²) in [5, 5.41) is 3.28. The highest BCUT2D eigenvalue weighted by atomic mass is 32.2. The minimum atomic E-state index is -3.37. The first-order chi connectivity index (χ1) is 9.87. The Morgan fingerprint density at radius 1 is 1.14 bits per heavy atom. The molecule has 0 saturated heterocycles. The van der Waals surface area contributed by atoms with Crippen LogP contribution in [-0.2, 0) is 10.2 Å². The molecule has 0 bridgehead atoms. The topological polar surface area (TPSA) is 61.4 Å². The van der Waals surface area contributed by atoms with Crippen LogP contribution in [0.1, 0.15) is 46.5 Å². The lowest BCUT2D eigenvalue weighted by atomic mass is 10.0. The van der Waals surface area contributed by atoms with Gasteiger partial charge in [-0.15, -0.1) is 0 Å². The standard InChI is InChI=1S/C14H33N3O2S2/c1-6-10-15-11-9-12-17(4)21(18,19)16-13-14(7-2,8-3)20-5/h15-16H,6-13H2,1-5H3. The van der Waals surface area contributed by atoms with Crippen LogP contribution in [-0.4, -0.2) is 57.0 Å². The van der Waals surface area contributed by atoms with Crippen molar-refractivity contribution >= 4 is 22.0 Å². The van der Waals surface area contributed by atoms with Crippen LogP contribution < -0.4 is 10.0 Å². The van der Waals surface area contributed by atoms with E-state index >= 15 is 0 Å². The first-order valence-corrected chi connectivity index (χ1v) is 10.5. The molecular weight excluding hydrogens is 306 g/mol. The van der Waals surface area contributed by atoms with Crippen molar-refractivity contribution in [3.05, 3.63) is 0 Å². The van der Waals surface area contributed by atoms with Gasteiger partial charge >= 0.3 is 0 Å². The van der Waals surface area contributed by atoms with Crippen molar-refractivity contribution in [1.82, 2.24) is 14.3 Å². The quantitative estimate of drug-likeness (QED) is 0.504. The molecule has 5 nitrogen and oxygen atoms in total. The van der Waals surface area contributed by atoms with Gasteiger partial charge in [-0.1, -0.05) is 20.8 Å². The summed E-state index contributed by atoms with van der Waals surface area (Å²) in [4.78, 5) is 0. The SMILES string of the molecule is CCCNCCCN(C)S(=O)(=O)NCC(CC)(CC)SC. The molecule has 0 aliphatic rings. The van der Waals surface area contributed by atoms with Crippen LogP contribution >= 0.6 is 11.8 Å². The molecule has 0 spiro atoms. The van der Waals surface area contributed by atoms with Gasteiger partial charge in [0, 0.05) is 24.9 Å². The molecule has 0 fully saturated rings. The molecule has 0 amide bonds. The normalized spacial score (nSPS) is 13.0. The summed E-state index contributed by atoms with van der Waals surface area (Å²) in [7, 11) is -1.73. The smallest absolute Gasteiger partial charge is 0.279 e. The fourth-order valence-corrected chi connectivity index (χ4v) is 3.98. The van der Waals surface area contributed by atoms with Gasteiger partial charge in [-0.2, -0.15) is 24.5 Å². The number of nitrogens with zero attached hydrogens (tertiary/aromatic N) is 1. The molecule has 7 heteroatoms. The molecule has 0 radical (unpaired) electrons. The molecule has 0 atom stereocenters. The van der Waals surface area contributed by atoms with Crippen LogP contribution in [0.4, 0.5) is 0 Å². The molecule has 0 aromatic carbocycles. The monoisotopic (exact) mass is 339 g/mol. The van der Waals surface area contributed by atoms with Crippen LogP contribution in [0.2, 0.25) is 0 Å². The van der Waals surface area contributed by atoms with E-state index in [1.165, 1.54) is 4.31 Å². The summed E-state index contributed by atoms with van der Waals surface area (Å²) in [6.45, 7) is 9.20. The second-order valence-electron chi connectivity index (χ2n) is 5.35. The lowest BCUT2D eigenvalue weighted by molar-refractivity contribution is 0.436. The predicted molar refractivity (Wildman–Crippen MR) is 94.2 cm³/mol. The van der Waals surface area contributed by atoms with E-state index in [-0.39, 0.29) is 4.75 Å². The first kappa shape index (κ1) is 21.2. The van der Waals surface area contributed by atoms with E-state index in [2.05, 4.69) is 30.8 Å². The third-order valence-corrected chi connectivity index (χ3v) is 7.06. The average molecular weight is 340 g/mol. The molecule has 0 aliphatic carbocycles. The van der Waals surface area contributed by atoms with E-state index in [0.29, 0.717) is 13.1 Å². The Bertz CT molecular complexity index is 349. The number of nitrogens with one attached hydrogen (secondary N) is 2. The van der Waals surface area contributed by atoms with Gasteiger partial charge in [0.1, 0.15) is 0 Å². The second kappa shape index (κ2) is 10.8. The Hall–Kier alpha value is 0.180. The number of thioether (sulfide) groups is 1. The number of hydrogen-bond acceptors (Lipinski definition) is 4. The van der Waals surface area contributed by atoms with E-state index < -0.39 is 10.2 Å². The maximum Gasteiger partial charge on any atom is 0.279 e. The Morgan fingerprint density at radius 2 is 1.76 bits per heavy atom. The molecule has 0 aliphatic heterocycles. The third-order valence-electron chi connectivity index (χ3n) is 3.96. The van der Waals surface area contributed by atoms with Crippen molar-refractivity contribution < 1.29 is 8.42 Å². The maximum absolute atomic E-state index is 12.2. The fourth-order valence-electron chi connectivity index (χ4n) is 2.04. The van der Waals surface area contributed by atoms with Crippen molar-refractivity contribution in [3.63, 3.8) is 0 Å². The van der Waals surface area contributed by atoms with Gasteiger partial charge in [-0.25, -0.2) is 4.72 Å². The van der Waals surface area contributed by atoms with Gasteiger partial charge in [-0.05, 0) is 45.0 Å². The largest absolute Gasteiger partial charge is 0.317 e. The molecule has 21 heavy (non-hydrogen) atoms. The lowest BCUT2D eigenvalue weighted by Crippen LogP contribution is -2.45. The van der Waals surface area contributed by atoms with E-state index in [9.17, 15) is 8.42 Å². The fraction of sp³-hybridized carbons (Fsp3) is 1.00. The maximum atomic E-state index is 12.2. The minimum Gasteiger partial charge on any atom is -0.317 e. The zero-order chi connectivity index (χ0) is 16.4.